The number of esters is 1. The van der Waals surface area contributed by atoms with E-state index in [0.29, 0.717) is 25.7 Å². The summed E-state index contributed by atoms with van der Waals surface area (Å²) in [4.78, 5) is 36.2. The largest absolute Gasteiger partial charge is 0.458 e. The van der Waals surface area contributed by atoms with Crippen molar-refractivity contribution < 1.29 is 29.3 Å². The molecule has 166 valence electrons. The molecule has 0 aromatic carbocycles. The Morgan fingerprint density at radius 3 is 2.63 bits per heavy atom. The van der Waals surface area contributed by atoms with Crippen LogP contribution >= 0.6 is 0 Å². The molecular weight excluding hydrogens is 384 g/mol. The molecule has 4 rings (SSSR count). The van der Waals surface area contributed by atoms with Crippen LogP contribution in [0.5, 0.6) is 0 Å². The van der Waals surface area contributed by atoms with Crippen LogP contribution in [0.25, 0.3) is 0 Å². The lowest BCUT2D eigenvalue weighted by atomic mass is 9.44. The molecule has 0 unspecified atom stereocenters. The molecule has 0 radical (unpaired) electrons. The van der Waals surface area contributed by atoms with Crippen LogP contribution in [-0.4, -0.2) is 46.1 Å². The third kappa shape index (κ3) is 2.86. The van der Waals surface area contributed by atoms with Crippen molar-refractivity contribution >= 4 is 17.5 Å². The molecule has 6 nitrogen and oxygen atoms in total. The highest BCUT2D eigenvalue weighted by atomic mass is 16.5. The van der Waals surface area contributed by atoms with Gasteiger partial charge in [-0.2, -0.15) is 0 Å². The first-order valence-corrected chi connectivity index (χ1v) is 11.3. The van der Waals surface area contributed by atoms with E-state index in [1.54, 1.807) is 0 Å². The lowest BCUT2D eigenvalue weighted by molar-refractivity contribution is -0.186. The number of hydrogen-bond acceptors (Lipinski definition) is 6. The number of ketones is 2. The van der Waals surface area contributed by atoms with E-state index in [1.165, 1.54) is 12.5 Å². The van der Waals surface area contributed by atoms with Gasteiger partial charge in [0.1, 0.15) is 5.60 Å². The van der Waals surface area contributed by atoms with Crippen molar-refractivity contribution in [3.8, 4) is 0 Å². The topological polar surface area (TPSA) is 101 Å². The summed E-state index contributed by atoms with van der Waals surface area (Å²) in [5.74, 6) is -0.287. The van der Waals surface area contributed by atoms with E-state index in [4.69, 9.17) is 4.74 Å². The summed E-state index contributed by atoms with van der Waals surface area (Å²) in [5, 5.41) is 22.9. The minimum atomic E-state index is -1.60. The number of allylic oxidation sites excluding steroid dienone is 1. The van der Waals surface area contributed by atoms with Crippen molar-refractivity contribution in [3.63, 3.8) is 0 Å². The molecule has 0 saturated heterocycles. The number of ether oxygens (including phenoxy) is 1. The molecule has 8 atom stereocenters. The number of carbonyl (C=O) groups excluding carboxylic acids is 3. The van der Waals surface area contributed by atoms with Crippen LogP contribution in [0, 0.1) is 34.5 Å². The van der Waals surface area contributed by atoms with Crippen LogP contribution in [0.15, 0.2) is 11.6 Å². The van der Waals surface area contributed by atoms with Gasteiger partial charge in [-0.05, 0) is 67.3 Å². The summed E-state index contributed by atoms with van der Waals surface area (Å²) < 4.78 is 4.90. The maximum Gasteiger partial charge on any atom is 0.303 e. The van der Waals surface area contributed by atoms with Gasteiger partial charge in [0.15, 0.2) is 12.4 Å². The van der Waals surface area contributed by atoms with Gasteiger partial charge in [0, 0.05) is 18.8 Å². The molecule has 4 aliphatic carbocycles. The first kappa shape index (κ1) is 21.7. The molecule has 3 fully saturated rings. The number of Topliss-reactive ketones (excluding diaryl/α,β-unsaturated/α-hetero) is 1. The molecule has 0 aromatic heterocycles. The Morgan fingerprint density at radius 1 is 1.27 bits per heavy atom. The Morgan fingerprint density at radius 2 is 1.97 bits per heavy atom. The van der Waals surface area contributed by atoms with E-state index in [1.807, 2.05) is 13.0 Å². The maximum absolute atomic E-state index is 12.9. The average Bonchev–Trinajstić information content (AvgIpc) is 2.93. The summed E-state index contributed by atoms with van der Waals surface area (Å²) in [6, 6.07) is 0. The van der Waals surface area contributed by atoms with Gasteiger partial charge in [-0.25, -0.2) is 0 Å². The van der Waals surface area contributed by atoms with Gasteiger partial charge in [-0.15, -0.1) is 0 Å². The molecule has 0 amide bonds. The second kappa shape index (κ2) is 6.99. The Bertz CT molecular complexity index is 817. The number of rotatable bonds is 3. The lowest BCUT2D eigenvalue weighted by Crippen LogP contribution is -2.62. The summed E-state index contributed by atoms with van der Waals surface area (Å²) in [5.41, 5.74) is -1.41. The van der Waals surface area contributed by atoms with Gasteiger partial charge < -0.3 is 14.9 Å². The summed E-state index contributed by atoms with van der Waals surface area (Å²) in [6.45, 7) is 7.09. The van der Waals surface area contributed by atoms with Crippen LogP contribution in [0.4, 0.5) is 0 Å². The smallest absolute Gasteiger partial charge is 0.303 e. The summed E-state index contributed by atoms with van der Waals surface area (Å²) >= 11 is 0. The van der Waals surface area contributed by atoms with Crippen LogP contribution in [0.1, 0.15) is 66.2 Å². The van der Waals surface area contributed by atoms with Crippen molar-refractivity contribution in [2.75, 3.05) is 6.61 Å². The van der Waals surface area contributed by atoms with Gasteiger partial charge >= 0.3 is 5.97 Å². The molecule has 0 aromatic rings. The van der Waals surface area contributed by atoms with E-state index < -0.39 is 35.5 Å². The first-order valence-electron chi connectivity index (χ1n) is 11.3. The quantitative estimate of drug-likeness (QED) is 0.683. The van der Waals surface area contributed by atoms with E-state index >= 15 is 0 Å². The molecule has 0 spiro atoms. The fraction of sp³-hybridized carbons (Fsp3) is 0.792. The molecule has 30 heavy (non-hydrogen) atoms. The highest BCUT2D eigenvalue weighted by molar-refractivity contribution is 5.92. The number of aliphatic hydroxyl groups is 2. The molecule has 0 heterocycles. The zero-order valence-corrected chi connectivity index (χ0v) is 18.4. The minimum Gasteiger partial charge on any atom is -0.458 e. The standard InChI is InChI=1S/C24H34O6/c1-13-9-16-17-6-8-24(29,20(28)12-30-14(2)25)23(17,4)11-19(27)21(16)22(3)7-5-15(26)10-18(13)22/h10,13,16-17,19,21,27,29H,5-9,11-12H2,1-4H3/t13-,16-,17+,19+,21-,22-,23-,24-/m0/s1. The number of carbonyl (C=O) groups is 3. The fourth-order valence-electron chi connectivity index (χ4n) is 7.87. The van der Waals surface area contributed by atoms with Crippen LogP contribution in [0.3, 0.4) is 0 Å². The molecule has 0 aliphatic heterocycles. The predicted molar refractivity (Wildman–Crippen MR) is 109 cm³/mol. The van der Waals surface area contributed by atoms with Gasteiger partial charge in [0.05, 0.1) is 6.10 Å². The Kier molecular flexibility index (Phi) is 5.06. The first-order chi connectivity index (χ1) is 13.9. The predicted octanol–water partition coefficient (Wildman–Crippen LogP) is 2.60. The van der Waals surface area contributed by atoms with E-state index in [0.717, 1.165) is 12.8 Å². The van der Waals surface area contributed by atoms with E-state index in [-0.39, 0.29) is 34.9 Å². The molecule has 4 aliphatic rings. The minimum absolute atomic E-state index is 0.0250. The van der Waals surface area contributed by atoms with Crippen molar-refractivity contribution in [3.05, 3.63) is 11.6 Å². The van der Waals surface area contributed by atoms with E-state index in [2.05, 4.69) is 13.8 Å². The second-order valence-electron chi connectivity index (χ2n) is 10.7. The molecular formula is C24H34O6. The van der Waals surface area contributed by atoms with Crippen LogP contribution in [0.2, 0.25) is 0 Å². The van der Waals surface area contributed by atoms with Gasteiger partial charge in [0.2, 0.25) is 5.78 Å². The Hall–Kier alpha value is -1.53. The van der Waals surface area contributed by atoms with Crippen molar-refractivity contribution in [1.29, 1.82) is 0 Å². The third-order valence-electron chi connectivity index (χ3n) is 9.23. The van der Waals surface area contributed by atoms with Crippen molar-refractivity contribution in [2.24, 2.45) is 34.5 Å². The van der Waals surface area contributed by atoms with Crippen LogP contribution in [-0.2, 0) is 19.1 Å². The summed E-state index contributed by atoms with van der Waals surface area (Å²) in [7, 11) is 0. The Balaban J connectivity index is 1.69. The number of hydrogen-bond donors (Lipinski definition) is 2. The number of aliphatic hydroxyl groups excluding tert-OH is 1. The SMILES string of the molecule is CC(=O)OCC(=O)[C@@]1(O)CC[C@@H]2[C@@H]3C[C@H](C)C4=CC(=O)CC[C@]4(C)[C@@H]3[C@H](O)C[C@@]21C. The maximum atomic E-state index is 12.9. The third-order valence-corrected chi connectivity index (χ3v) is 9.23. The van der Waals surface area contributed by atoms with Gasteiger partial charge in [0.25, 0.3) is 0 Å². The van der Waals surface area contributed by atoms with Gasteiger partial charge in [-0.3, -0.25) is 14.4 Å². The molecule has 6 heteroatoms. The van der Waals surface area contributed by atoms with E-state index in [9.17, 15) is 24.6 Å². The van der Waals surface area contributed by atoms with Crippen molar-refractivity contribution in [1.82, 2.24) is 0 Å². The highest BCUT2D eigenvalue weighted by Crippen LogP contribution is 2.68. The fourth-order valence-corrected chi connectivity index (χ4v) is 7.87. The van der Waals surface area contributed by atoms with Gasteiger partial charge in [-0.1, -0.05) is 26.3 Å². The average molecular weight is 419 g/mol. The lowest BCUT2D eigenvalue weighted by Gasteiger charge is -2.61. The van der Waals surface area contributed by atoms with Crippen molar-refractivity contribution in [2.45, 2.75) is 77.9 Å². The monoisotopic (exact) mass is 418 g/mol. The Labute approximate surface area is 178 Å². The second-order valence-corrected chi connectivity index (χ2v) is 10.7. The zero-order valence-electron chi connectivity index (χ0n) is 18.4. The molecule has 0 bridgehead atoms. The molecule has 2 N–H and O–H groups in total. The van der Waals surface area contributed by atoms with Crippen LogP contribution < -0.4 is 0 Å². The highest BCUT2D eigenvalue weighted by Gasteiger charge is 2.68. The number of fused-ring (bicyclic) bond motifs is 5. The normalized spacial score (nSPS) is 47.6. The summed E-state index contributed by atoms with van der Waals surface area (Å²) in [6.07, 6.45) is 4.66. The molecule has 3 saturated carbocycles. The zero-order chi connectivity index (χ0) is 22.1.